The van der Waals surface area contributed by atoms with Gasteiger partial charge in [0.2, 0.25) is 5.91 Å². The van der Waals surface area contributed by atoms with E-state index in [-0.39, 0.29) is 29.4 Å². The van der Waals surface area contributed by atoms with Crippen LogP contribution in [0.4, 0.5) is 0 Å². The molecule has 2 fully saturated rings. The average molecular weight is 488 g/mol. The molecule has 1 amide bonds. The van der Waals surface area contributed by atoms with Crippen molar-refractivity contribution in [2.24, 2.45) is 5.92 Å². The smallest absolute Gasteiger partial charge is 0.223 e. The van der Waals surface area contributed by atoms with Crippen LogP contribution in [0.15, 0.2) is 35.5 Å². The maximum Gasteiger partial charge on any atom is 0.223 e. The van der Waals surface area contributed by atoms with E-state index < -0.39 is 15.4 Å². The first-order valence-corrected chi connectivity index (χ1v) is 14.2. The quantitative estimate of drug-likeness (QED) is 0.484. The van der Waals surface area contributed by atoms with E-state index in [0.717, 1.165) is 35.4 Å². The highest BCUT2D eigenvalue weighted by Crippen LogP contribution is 2.33. The van der Waals surface area contributed by atoms with Crippen molar-refractivity contribution >= 4 is 21.5 Å². The molecule has 1 atom stereocenters. The van der Waals surface area contributed by atoms with Crippen LogP contribution in [-0.4, -0.2) is 49.2 Å². The first kappa shape index (κ1) is 24.8. The van der Waals surface area contributed by atoms with Crippen LogP contribution in [0.3, 0.4) is 0 Å². The molecule has 2 aliphatic carbocycles. The van der Waals surface area contributed by atoms with Gasteiger partial charge in [0.15, 0.2) is 0 Å². The normalized spacial score (nSPS) is 23.9. The van der Waals surface area contributed by atoms with Crippen molar-refractivity contribution in [3.05, 3.63) is 41.1 Å². The second kappa shape index (κ2) is 9.72. The molecule has 1 saturated heterocycles. The number of carbonyl (C=O) groups is 1. The van der Waals surface area contributed by atoms with Crippen LogP contribution >= 0.6 is 0 Å². The van der Waals surface area contributed by atoms with E-state index in [1.165, 1.54) is 0 Å². The van der Waals surface area contributed by atoms with Gasteiger partial charge in [0.05, 0.1) is 23.3 Å². The largest absolute Gasteiger partial charge is 0.490 e. The van der Waals surface area contributed by atoms with Gasteiger partial charge in [0, 0.05) is 28.8 Å². The molecule has 4 rings (SSSR count). The Morgan fingerprint density at radius 2 is 1.88 bits per heavy atom. The van der Waals surface area contributed by atoms with E-state index in [0.29, 0.717) is 43.9 Å². The van der Waals surface area contributed by atoms with Crippen molar-refractivity contribution in [1.29, 1.82) is 5.41 Å². The van der Waals surface area contributed by atoms with E-state index >= 15 is 0 Å². The van der Waals surface area contributed by atoms with E-state index in [9.17, 15) is 13.2 Å². The monoisotopic (exact) mass is 487 g/mol. The number of sulfone groups is 1. The number of nitrogens with one attached hydrogen (secondary N) is 3. The van der Waals surface area contributed by atoms with Crippen LogP contribution in [-0.2, 0) is 14.6 Å². The predicted molar refractivity (Wildman–Crippen MR) is 134 cm³/mol. The molecule has 8 heteroatoms. The number of rotatable bonds is 8. The lowest BCUT2D eigenvalue weighted by atomic mass is 9.82. The van der Waals surface area contributed by atoms with E-state index in [1.807, 2.05) is 31.2 Å². The molecule has 3 aliphatic rings. The minimum Gasteiger partial charge on any atom is -0.490 e. The van der Waals surface area contributed by atoms with Gasteiger partial charge in [0.25, 0.3) is 0 Å². The number of carbonyl (C=O) groups excluding carboxylic acids is 1. The molecule has 1 aliphatic heterocycles. The highest BCUT2D eigenvalue weighted by Gasteiger charge is 2.37. The first-order chi connectivity index (χ1) is 16.0. The summed E-state index contributed by atoms with van der Waals surface area (Å²) in [6.45, 7) is 6.07. The number of benzene rings is 1. The number of amides is 1. The van der Waals surface area contributed by atoms with Gasteiger partial charge in [-0.25, -0.2) is 8.42 Å². The van der Waals surface area contributed by atoms with Crippen LogP contribution in [0.5, 0.6) is 5.75 Å². The molecule has 0 spiro atoms. The zero-order valence-corrected chi connectivity index (χ0v) is 21.3. The lowest BCUT2D eigenvalue weighted by Crippen LogP contribution is -2.53. The van der Waals surface area contributed by atoms with Crippen LogP contribution < -0.4 is 15.4 Å². The van der Waals surface area contributed by atoms with Gasteiger partial charge < -0.3 is 15.4 Å². The Morgan fingerprint density at radius 1 is 1.18 bits per heavy atom. The minimum absolute atomic E-state index is 0.0183. The second-order valence-corrected chi connectivity index (χ2v) is 12.9. The molecule has 1 aromatic carbocycles. The first-order valence-electron chi connectivity index (χ1n) is 12.4. The van der Waals surface area contributed by atoms with Gasteiger partial charge in [-0.05, 0) is 83.4 Å². The molecular weight excluding hydrogens is 450 g/mol. The molecule has 1 saturated carbocycles. The standard InChI is InChI=1S/C26H37N3O4S/c1-17(2)28-23-16-19(25(30)29-26(3)11-13-34(31,32)14-12-26)7-10-22(23)24(27)18-5-4-6-21(15-18)33-20-8-9-20/h4-6,15,17,19-20,27-28H,7-14,16H2,1-3H3,(H,29,30)/t19-/m1/s1. The van der Waals surface area contributed by atoms with Crippen molar-refractivity contribution in [2.75, 3.05) is 11.5 Å². The fourth-order valence-electron chi connectivity index (χ4n) is 4.73. The van der Waals surface area contributed by atoms with Crippen molar-refractivity contribution in [1.82, 2.24) is 10.6 Å². The Bertz CT molecular complexity index is 1080. The van der Waals surface area contributed by atoms with E-state index in [1.54, 1.807) is 0 Å². The zero-order chi connectivity index (χ0) is 24.5. The zero-order valence-electron chi connectivity index (χ0n) is 20.4. The van der Waals surface area contributed by atoms with E-state index in [4.69, 9.17) is 10.1 Å². The van der Waals surface area contributed by atoms with Crippen molar-refractivity contribution < 1.29 is 17.9 Å². The molecule has 34 heavy (non-hydrogen) atoms. The van der Waals surface area contributed by atoms with Gasteiger partial charge >= 0.3 is 0 Å². The Labute approximate surface area is 203 Å². The molecule has 186 valence electrons. The number of allylic oxidation sites excluding steroid dienone is 2. The average Bonchev–Trinajstić information content (AvgIpc) is 3.59. The van der Waals surface area contributed by atoms with Crippen LogP contribution in [0, 0.1) is 11.3 Å². The summed E-state index contributed by atoms with van der Waals surface area (Å²) < 4.78 is 29.5. The lowest BCUT2D eigenvalue weighted by Gasteiger charge is -2.37. The van der Waals surface area contributed by atoms with Crippen molar-refractivity contribution in [2.45, 2.75) is 83.4 Å². The van der Waals surface area contributed by atoms with Crippen molar-refractivity contribution in [3.63, 3.8) is 0 Å². The molecular formula is C26H37N3O4S. The fourth-order valence-corrected chi connectivity index (χ4v) is 6.45. The minimum atomic E-state index is -2.99. The molecule has 1 heterocycles. The van der Waals surface area contributed by atoms with Crippen LogP contribution in [0.1, 0.15) is 71.3 Å². The summed E-state index contributed by atoms with van der Waals surface area (Å²) in [7, 11) is -2.99. The van der Waals surface area contributed by atoms with Crippen LogP contribution in [0.2, 0.25) is 0 Å². The highest BCUT2D eigenvalue weighted by atomic mass is 32.2. The molecule has 0 bridgehead atoms. The molecule has 3 N–H and O–H groups in total. The number of hydrogen-bond acceptors (Lipinski definition) is 6. The summed E-state index contributed by atoms with van der Waals surface area (Å²) in [4.78, 5) is 13.2. The third-order valence-electron chi connectivity index (χ3n) is 7.00. The lowest BCUT2D eigenvalue weighted by molar-refractivity contribution is -0.127. The molecule has 0 aromatic heterocycles. The Kier molecular flexibility index (Phi) is 7.08. The second-order valence-electron chi connectivity index (χ2n) is 10.6. The summed E-state index contributed by atoms with van der Waals surface area (Å²) in [6.07, 6.45) is 5.26. The Hall–Kier alpha value is -2.35. The summed E-state index contributed by atoms with van der Waals surface area (Å²) >= 11 is 0. The predicted octanol–water partition coefficient (Wildman–Crippen LogP) is 3.73. The Morgan fingerprint density at radius 3 is 2.53 bits per heavy atom. The van der Waals surface area contributed by atoms with Gasteiger partial charge in [-0.1, -0.05) is 12.1 Å². The fraction of sp³-hybridized carbons (Fsp3) is 0.615. The molecule has 0 unspecified atom stereocenters. The van der Waals surface area contributed by atoms with Gasteiger partial charge in [-0.3, -0.25) is 10.2 Å². The van der Waals surface area contributed by atoms with E-state index in [2.05, 4.69) is 24.5 Å². The van der Waals surface area contributed by atoms with Gasteiger partial charge in [-0.2, -0.15) is 0 Å². The maximum atomic E-state index is 13.2. The van der Waals surface area contributed by atoms with Gasteiger partial charge in [0.1, 0.15) is 15.6 Å². The molecule has 1 aromatic rings. The van der Waals surface area contributed by atoms with Crippen LogP contribution in [0.25, 0.3) is 0 Å². The third kappa shape index (κ3) is 6.20. The maximum absolute atomic E-state index is 13.2. The molecule has 0 radical (unpaired) electrons. The third-order valence-corrected chi connectivity index (χ3v) is 8.65. The summed E-state index contributed by atoms with van der Waals surface area (Å²) in [5.74, 6) is 0.839. The van der Waals surface area contributed by atoms with Gasteiger partial charge in [-0.15, -0.1) is 0 Å². The summed E-state index contributed by atoms with van der Waals surface area (Å²) in [5.41, 5.74) is 2.74. The number of ether oxygens (including phenoxy) is 1. The summed E-state index contributed by atoms with van der Waals surface area (Å²) in [6, 6.07) is 7.94. The number of hydrogen-bond donors (Lipinski definition) is 3. The Balaban J connectivity index is 1.48. The summed E-state index contributed by atoms with van der Waals surface area (Å²) in [5, 5.41) is 15.6. The SMILES string of the molecule is CC(C)NC1=C(C(=N)c2cccc(OC3CC3)c2)CC[C@@H](C(=O)NC2(C)CCS(=O)(=O)CC2)C1. The van der Waals surface area contributed by atoms with Crippen molar-refractivity contribution in [3.8, 4) is 5.75 Å². The topological polar surface area (TPSA) is 108 Å². The highest BCUT2D eigenvalue weighted by molar-refractivity contribution is 7.91. The molecule has 7 nitrogen and oxygen atoms in total.